The highest BCUT2D eigenvalue weighted by Gasteiger charge is 2.34. The highest BCUT2D eigenvalue weighted by molar-refractivity contribution is 6.64. The van der Waals surface area contributed by atoms with E-state index in [4.69, 9.17) is 11.6 Å². The van der Waals surface area contributed by atoms with Crippen molar-refractivity contribution in [1.29, 1.82) is 0 Å². The third-order valence-corrected chi connectivity index (χ3v) is 3.63. The molecule has 0 radical (unpaired) electrons. The van der Waals surface area contributed by atoms with E-state index in [2.05, 4.69) is 13.8 Å². The summed E-state index contributed by atoms with van der Waals surface area (Å²) >= 11 is 5.45. The van der Waals surface area contributed by atoms with E-state index in [9.17, 15) is 9.59 Å². The lowest BCUT2D eigenvalue weighted by atomic mass is 10.0. The summed E-state index contributed by atoms with van der Waals surface area (Å²) in [6, 6.07) is 7.88. The van der Waals surface area contributed by atoms with Crippen molar-refractivity contribution in [3.05, 3.63) is 29.8 Å². The second kappa shape index (κ2) is 5.11. The molecule has 1 fully saturated rings. The van der Waals surface area contributed by atoms with Gasteiger partial charge in [0.05, 0.1) is 5.92 Å². The molecule has 4 heteroatoms. The maximum atomic E-state index is 11.8. The van der Waals surface area contributed by atoms with Gasteiger partial charge in [-0.2, -0.15) is 0 Å². The van der Waals surface area contributed by atoms with Gasteiger partial charge in [0.1, 0.15) is 0 Å². The lowest BCUT2D eigenvalue weighted by Crippen LogP contribution is -2.25. The van der Waals surface area contributed by atoms with Crippen LogP contribution in [0.4, 0.5) is 5.69 Å². The Kier molecular flexibility index (Phi) is 3.71. The fourth-order valence-corrected chi connectivity index (χ4v) is 2.29. The van der Waals surface area contributed by atoms with E-state index < -0.39 is 5.24 Å². The summed E-state index contributed by atoms with van der Waals surface area (Å²) in [6.07, 6.45) is 0.217. The molecule has 96 valence electrons. The van der Waals surface area contributed by atoms with Gasteiger partial charge in [0.25, 0.3) is 0 Å². The molecule has 1 aliphatic heterocycles. The zero-order valence-electron chi connectivity index (χ0n) is 10.5. The first kappa shape index (κ1) is 13.1. The van der Waals surface area contributed by atoms with Crippen molar-refractivity contribution < 1.29 is 9.59 Å². The number of benzene rings is 1. The number of hydrogen-bond donors (Lipinski definition) is 0. The molecule has 1 amide bonds. The Labute approximate surface area is 112 Å². The number of rotatable bonds is 3. The van der Waals surface area contributed by atoms with Crippen LogP contribution < -0.4 is 4.90 Å². The predicted octanol–water partition coefficient (Wildman–Crippen LogP) is 2.93. The Bertz CT molecular complexity index is 467. The predicted molar refractivity (Wildman–Crippen MR) is 71.9 cm³/mol. The van der Waals surface area contributed by atoms with Crippen LogP contribution in [-0.4, -0.2) is 17.7 Å². The van der Waals surface area contributed by atoms with Gasteiger partial charge in [-0.15, -0.1) is 0 Å². The van der Waals surface area contributed by atoms with Crippen molar-refractivity contribution >= 4 is 28.4 Å². The van der Waals surface area contributed by atoms with Gasteiger partial charge in [-0.25, -0.2) is 0 Å². The molecule has 0 spiro atoms. The van der Waals surface area contributed by atoms with E-state index in [0.717, 1.165) is 5.69 Å². The van der Waals surface area contributed by atoms with E-state index >= 15 is 0 Å². The Morgan fingerprint density at radius 3 is 2.39 bits per heavy atom. The minimum absolute atomic E-state index is 0.0358. The third kappa shape index (κ3) is 2.56. The fourth-order valence-electron chi connectivity index (χ4n) is 2.15. The monoisotopic (exact) mass is 265 g/mol. The smallest absolute Gasteiger partial charge is 0.227 e. The van der Waals surface area contributed by atoms with Gasteiger partial charge in [0, 0.05) is 18.7 Å². The van der Waals surface area contributed by atoms with Crippen LogP contribution in [0.5, 0.6) is 0 Å². The molecule has 3 nitrogen and oxygen atoms in total. The summed E-state index contributed by atoms with van der Waals surface area (Å²) < 4.78 is 0. The molecule has 1 heterocycles. The molecule has 1 aromatic rings. The van der Waals surface area contributed by atoms with Crippen LogP contribution in [-0.2, 0) is 9.59 Å². The van der Waals surface area contributed by atoms with Crippen LogP contribution in [0.3, 0.4) is 0 Å². The molecule has 1 atom stereocenters. The van der Waals surface area contributed by atoms with Gasteiger partial charge >= 0.3 is 0 Å². The Morgan fingerprint density at radius 2 is 1.94 bits per heavy atom. The van der Waals surface area contributed by atoms with Crippen LogP contribution in [0, 0.1) is 5.92 Å². The van der Waals surface area contributed by atoms with Crippen LogP contribution in [0.2, 0.25) is 0 Å². The minimum atomic E-state index is -0.426. The van der Waals surface area contributed by atoms with Crippen molar-refractivity contribution in [2.24, 2.45) is 5.92 Å². The number of hydrogen-bond acceptors (Lipinski definition) is 2. The van der Waals surface area contributed by atoms with Crippen LogP contribution in [0.15, 0.2) is 24.3 Å². The topological polar surface area (TPSA) is 37.4 Å². The van der Waals surface area contributed by atoms with Gasteiger partial charge in [-0.05, 0) is 35.2 Å². The van der Waals surface area contributed by atoms with Crippen LogP contribution in [0.1, 0.15) is 31.7 Å². The van der Waals surface area contributed by atoms with Crippen molar-refractivity contribution in [3.63, 3.8) is 0 Å². The second-order valence-electron chi connectivity index (χ2n) is 4.96. The average molecular weight is 266 g/mol. The number of carbonyl (C=O) groups excluding carboxylic acids is 2. The third-order valence-electron chi connectivity index (χ3n) is 3.32. The number of carbonyl (C=O) groups is 2. The first-order valence-corrected chi connectivity index (χ1v) is 6.46. The lowest BCUT2D eigenvalue weighted by Gasteiger charge is -2.17. The maximum absolute atomic E-state index is 11.8. The zero-order chi connectivity index (χ0) is 13.3. The Balaban J connectivity index is 2.17. The largest absolute Gasteiger partial charge is 0.312 e. The molecule has 0 N–H and O–H groups in total. The molecule has 0 aromatic heterocycles. The normalized spacial score (nSPS) is 19.7. The molecule has 2 rings (SSSR count). The standard InChI is InChI=1S/C14H16ClNO2/c1-9(2)10-3-5-12(6-4-10)16-8-11(14(15)18)7-13(16)17/h3-6,9,11H,7-8H2,1-2H3/t11-/m1/s1. The van der Waals surface area contributed by atoms with Gasteiger partial charge < -0.3 is 4.90 Å². The maximum Gasteiger partial charge on any atom is 0.227 e. The molecule has 0 aliphatic carbocycles. The highest BCUT2D eigenvalue weighted by Crippen LogP contribution is 2.27. The van der Waals surface area contributed by atoms with Crippen molar-refractivity contribution in [3.8, 4) is 0 Å². The number of anilines is 1. The van der Waals surface area contributed by atoms with E-state index in [0.29, 0.717) is 12.5 Å². The van der Waals surface area contributed by atoms with Crippen molar-refractivity contribution in [2.45, 2.75) is 26.2 Å². The fraction of sp³-hybridized carbons (Fsp3) is 0.429. The Hall–Kier alpha value is -1.35. The van der Waals surface area contributed by atoms with Crippen molar-refractivity contribution in [2.75, 3.05) is 11.4 Å². The molecule has 1 aromatic carbocycles. The summed E-state index contributed by atoms with van der Waals surface area (Å²) in [5, 5.41) is -0.426. The summed E-state index contributed by atoms with van der Waals surface area (Å²) in [4.78, 5) is 24.6. The Morgan fingerprint density at radius 1 is 1.33 bits per heavy atom. The molecule has 18 heavy (non-hydrogen) atoms. The van der Waals surface area contributed by atoms with Gasteiger partial charge in [-0.3, -0.25) is 9.59 Å². The summed E-state index contributed by atoms with van der Waals surface area (Å²) in [5.41, 5.74) is 2.07. The average Bonchev–Trinajstić information content (AvgIpc) is 2.71. The minimum Gasteiger partial charge on any atom is -0.312 e. The number of nitrogens with zero attached hydrogens (tertiary/aromatic N) is 1. The zero-order valence-corrected chi connectivity index (χ0v) is 11.3. The molecule has 0 saturated carbocycles. The van der Waals surface area contributed by atoms with E-state index in [-0.39, 0.29) is 18.2 Å². The quantitative estimate of drug-likeness (QED) is 0.788. The SMILES string of the molecule is CC(C)c1ccc(N2C[C@H](C(=O)Cl)CC2=O)cc1. The van der Waals surface area contributed by atoms with Crippen LogP contribution in [0.25, 0.3) is 0 Å². The lowest BCUT2D eigenvalue weighted by molar-refractivity contribution is -0.120. The number of amides is 1. The van der Waals surface area contributed by atoms with Gasteiger partial charge in [-0.1, -0.05) is 26.0 Å². The molecule has 0 unspecified atom stereocenters. The summed E-state index contributed by atoms with van der Waals surface area (Å²) in [6.45, 7) is 4.64. The highest BCUT2D eigenvalue weighted by atomic mass is 35.5. The van der Waals surface area contributed by atoms with Crippen LogP contribution >= 0.6 is 11.6 Å². The first-order valence-electron chi connectivity index (χ1n) is 6.08. The van der Waals surface area contributed by atoms with Crippen molar-refractivity contribution in [1.82, 2.24) is 0 Å². The molecular weight excluding hydrogens is 250 g/mol. The van der Waals surface area contributed by atoms with Gasteiger partial charge in [0.15, 0.2) is 0 Å². The van der Waals surface area contributed by atoms with E-state index in [1.165, 1.54) is 5.56 Å². The summed E-state index contributed by atoms with van der Waals surface area (Å²) in [5.74, 6) is 0.0562. The first-order chi connectivity index (χ1) is 8.49. The van der Waals surface area contributed by atoms with E-state index in [1.807, 2.05) is 24.3 Å². The molecule has 0 bridgehead atoms. The second-order valence-corrected chi connectivity index (χ2v) is 5.33. The van der Waals surface area contributed by atoms with Gasteiger partial charge in [0.2, 0.25) is 11.1 Å². The molecular formula is C14H16ClNO2. The number of halogens is 1. The molecule has 1 saturated heterocycles. The summed E-state index contributed by atoms with van der Waals surface area (Å²) in [7, 11) is 0. The molecule has 1 aliphatic rings. The van der Waals surface area contributed by atoms with E-state index in [1.54, 1.807) is 4.90 Å².